The Morgan fingerprint density at radius 3 is 2.80 bits per heavy atom. The average molecular weight is 282 g/mol. The predicted molar refractivity (Wildman–Crippen MR) is 72.7 cm³/mol. The van der Waals surface area contributed by atoms with E-state index in [-0.39, 0.29) is 30.6 Å². The molecule has 2 rings (SSSR count). The number of ether oxygens (including phenoxy) is 1. The van der Waals surface area contributed by atoms with Crippen LogP contribution < -0.4 is 0 Å². The first-order valence-corrected chi connectivity index (χ1v) is 6.95. The van der Waals surface area contributed by atoms with Crippen LogP contribution in [0, 0.1) is 6.92 Å². The number of carbonyl (C=O) groups excluding carboxylic acids is 1. The lowest BCUT2D eigenvalue weighted by molar-refractivity contribution is -0.0859. The van der Waals surface area contributed by atoms with Gasteiger partial charge in [0.1, 0.15) is 5.56 Å². The molecule has 2 unspecified atom stereocenters. The van der Waals surface area contributed by atoms with Gasteiger partial charge in [-0.1, -0.05) is 19.0 Å². The summed E-state index contributed by atoms with van der Waals surface area (Å²) in [6.45, 7) is 8.42. The van der Waals surface area contributed by atoms with Gasteiger partial charge in [-0.3, -0.25) is 4.79 Å². The lowest BCUT2D eigenvalue weighted by atomic mass is 10.0. The number of hydrogen-bond donors (Lipinski definition) is 1. The molecular weight excluding hydrogens is 260 g/mol. The molecule has 20 heavy (non-hydrogen) atoms. The third kappa shape index (κ3) is 2.86. The van der Waals surface area contributed by atoms with E-state index in [1.165, 1.54) is 0 Å². The number of nitrogens with zero attached hydrogens (tertiary/aromatic N) is 2. The minimum absolute atomic E-state index is 0.0895. The number of amides is 1. The number of aromatic nitrogens is 1. The second kappa shape index (κ2) is 5.93. The zero-order valence-corrected chi connectivity index (χ0v) is 12.4. The van der Waals surface area contributed by atoms with E-state index >= 15 is 0 Å². The molecule has 112 valence electrons. The summed E-state index contributed by atoms with van der Waals surface area (Å²) >= 11 is 0. The van der Waals surface area contributed by atoms with Gasteiger partial charge in [-0.05, 0) is 13.8 Å². The standard InChI is InChI=1S/C14H22N2O4/c1-8(2)13-12(10(4)15-20-13)14(18)16-5-9(3)19-11(6-16)7-17/h8-9,11,17H,5-7H2,1-4H3. The second-order valence-electron chi connectivity index (χ2n) is 5.62. The number of aliphatic hydroxyl groups excluding tert-OH is 1. The summed E-state index contributed by atoms with van der Waals surface area (Å²) in [5.41, 5.74) is 1.16. The first-order chi connectivity index (χ1) is 9.43. The zero-order chi connectivity index (χ0) is 14.9. The van der Waals surface area contributed by atoms with Gasteiger partial charge in [-0.25, -0.2) is 0 Å². The molecule has 1 saturated heterocycles. The normalized spacial score (nSPS) is 23.4. The molecule has 0 bridgehead atoms. The maximum absolute atomic E-state index is 12.7. The summed E-state index contributed by atoms with van der Waals surface area (Å²) in [6.07, 6.45) is -0.419. The van der Waals surface area contributed by atoms with Crippen LogP contribution in [-0.2, 0) is 4.74 Å². The van der Waals surface area contributed by atoms with Crippen LogP contribution in [0.1, 0.15) is 48.5 Å². The van der Waals surface area contributed by atoms with Crippen molar-refractivity contribution in [1.29, 1.82) is 0 Å². The van der Waals surface area contributed by atoms with E-state index in [4.69, 9.17) is 9.26 Å². The molecule has 2 atom stereocenters. The molecule has 1 N–H and O–H groups in total. The summed E-state index contributed by atoms with van der Waals surface area (Å²) in [6, 6.07) is 0. The lowest BCUT2D eigenvalue weighted by Crippen LogP contribution is -2.50. The van der Waals surface area contributed by atoms with E-state index in [0.29, 0.717) is 30.1 Å². The first-order valence-electron chi connectivity index (χ1n) is 6.95. The van der Waals surface area contributed by atoms with Crippen molar-refractivity contribution in [1.82, 2.24) is 10.1 Å². The molecule has 1 aliphatic rings. The van der Waals surface area contributed by atoms with Gasteiger partial charge in [0.05, 0.1) is 24.5 Å². The lowest BCUT2D eigenvalue weighted by Gasteiger charge is -2.36. The highest BCUT2D eigenvalue weighted by atomic mass is 16.5. The van der Waals surface area contributed by atoms with E-state index in [1.807, 2.05) is 20.8 Å². The van der Waals surface area contributed by atoms with E-state index in [2.05, 4.69) is 5.16 Å². The van der Waals surface area contributed by atoms with Crippen LogP contribution in [0.4, 0.5) is 0 Å². The Morgan fingerprint density at radius 2 is 2.20 bits per heavy atom. The van der Waals surface area contributed by atoms with Crippen molar-refractivity contribution in [3.8, 4) is 0 Å². The van der Waals surface area contributed by atoms with Crippen LogP contribution in [0.2, 0.25) is 0 Å². The van der Waals surface area contributed by atoms with Crippen LogP contribution in [0.25, 0.3) is 0 Å². The number of rotatable bonds is 3. The highest BCUT2D eigenvalue weighted by Crippen LogP contribution is 2.25. The number of hydrogen-bond acceptors (Lipinski definition) is 5. The summed E-state index contributed by atoms with van der Waals surface area (Å²) in [7, 11) is 0. The molecule has 6 heteroatoms. The van der Waals surface area contributed by atoms with Gasteiger partial charge in [-0.15, -0.1) is 0 Å². The molecule has 1 aromatic rings. The SMILES string of the molecule is Cc1noc(C(C)C)c1C(=O)N1CC(C)OC(CO)C1. The van der Waals surface area contributed by atoms with Crippen molar-refractivity contribution >= 4 is 5.91 Å². The number of aryl methyl sites for hydroxylation is 1. The largest absolute Gasteiger partial charge is 0.394 e. The topological polar surface area (TPSA) is 75.8 Å². The Morgan fingerprint density at radius 1 is 1.50 bits per heavy atom. The van der Waals surface area contributed by atoms with Gasteiger partial charge in [0.25, 0.3) is 5.91 Å². The molecular formula is C14H22N2O4. The fourth-order valence-electron chi connectivity index (χ4n) is 2.51. The van der Waals surface area contributed by atoms with Crippen molar-refractivity contribution in [2.24, 2.45) is 0 Å². The minimum atomic E-state index is -0.328. The van der Waals surface area contributed by atoms with Crippen LogP contribution in [-0.4, -0.2) is 53.0 Å². The van der Waals surface area contributed by atoms with Crippen LogP contribution in [0.15, 0.2) is 4.52 Å². The van der Waals surface area contributed by atoms with Crippen molar-refractivity contribution in [3.63, 3.8) is 0 Å². The molecule has 0 aromatic carbocycles. The Hall–Kier alpha value is -1.40. The quantitative estimate of drug-likeness (QED) is 0.905. The second-order valence-corrected chi connectivity index (χ2v) is 5.62. The smallest absolute Gasteiger partial charge is 0.259 e. The maximum atomic E-state index is 12.7. The molecule has 1 amide bonds. The fourth-order valence-corrected chi connectivity index (χ4v) is 2.51. The fraction of sp³-hybridized carbons (Fsp3) is 0.714. The molecule has 1 aliphatic heterocycles. The molecule has 0 aliphatic carbocycles. The van der Waals surface area contributed by atoms with Gasteiger partial charge >= 0.3 is 0 Å². The third-order valence-corrected chi connectivity index (χ3v) is 3.44. The van der Waals surface area contributed by atoms with Gasteiger partial charge in [-0.2, -0.15) is 0 Å². The molecule has 1 fully saturated rings. The molecule has 6 nitrogen and oxygen atoms in total. The summed E-state index contributed by atoms with van der Waals surface area (Å²) < 4.78 is 10.8. The number of morpholine rings is 1. The summed E-state index contributed by atoms with van der Waals surface area (Å²) in [4.78, 5) is 14.4. The number of carbonyl (C=O) groups is 1. The van der Waals surface area contributed by atoms with Crippen LogP contribution in [0.3, 0.4) is 0 Å². The Labute approximate surface area is 118 Å². The Bertz CT molecular complexity index is 484. The van der Waals surface area contributed by atoms with E-state index in [1.54, 1.807) is 11.8 Å². The van der Waals surface area contributed by atoms with Crippen LogP contribution in [0.5, 0.6) is 0 Å². The van der Waals surface area contributed by atoms with Crippen molar-refractivity contribution in [3.05, 3.63) is 17.0 Å². The highest BCUT2D eigenvalue weighted by molar-refractivity contribution is 5.96. The van der Waals surface area contributed by atoms with Gasteiger partial charge in [0, 0.05) is 19.0 Å². The maximum Gasteiger partial charge on any atom is 0.259 e. The minimum Gasteiger partial charge on any atom is -0.394 e. The van der Waals surface area contributed by atoms with Gasteiger partial charge in [0.2, 0.25) is 0 Å². The van der Waals surface area contributed by atoms with Gasteiger partial charge in [0.15, 0.2) is 5.76 Å². The first kappa shape index (κ1) is 15.0. The monoisotopic (exact) mass is 282 g/mol. The van der Waals surface area contributed by atoms with Crippen molar-refractivity contribution in [2.75, 3.05) is 19.7 Å². The van der Waals surface area contributed by atoms with Crippen molar-refractivity contribution in [2.45, 2.75) is 45.8 Å². The summed E-state index contributed by atoms with van der Waals surface area (Å²) in [5.74, 6) is 0.621. The Balaban J connectivity index is 2.25. The van der Waals surface area contributed by atoms with Gasteiger partial charge < -0.3 is 19.3 Å². The molecule has 2 heterocycles. The number of aliphatic hydroxyl groups is 1. The van der Waals surface area contributed by atoms with Crippen molar-refractivity contribution < 1.29 is 19.2 Å². The zero-order valence-electron chi connectivity index (χ0n) is 12.4. The third-order valence-electron chi connectivity index (χ3n) is 3.44. The van der Waals surface area contributed by atoms with E-state index in [9.17, 15) is 9.90 Å². The van der Waals surface area contributed by atoms with E-state index < -0.39 is 0 Å². The molecule has 0 spiro atoms. The van der Waals surface area contributed by atoms with Crippen LogP contribution >= 0.6 is 0 Å². The molecule has 1 aromatic heterocycles. The average Bonchev–Trinajstić information content (AvgIpc) is 2.79. The molecule has 0 saturated carbocycles. The Kier molecular flexibility index (Phi) is 4.45. The predicted octanol–water partition coefficient (Wildman–Crippen LogP) is 1.33. The van der Waals surface area contributed by atoms with E-state index in [0.717, 1.165) is 0 Å². The summed E-state index contributed by atoms with van der Waals surface area (Å²) in [5, 5.41) is 13.2. The molecule has 0 radical (unpaired) electrons. The highest BCUT2D eigenvalue weighted by Gasteiger charge is 2.32.